The van der Waals surface area contributed by atoms with Crippen molar-refractivity contribution in [3.63, 3.8) is 0 Å². The first kappa shape index (κ1) is 15.4. The summed E-state index contributed by atoms with van der Waals surface area (Å²) in [5, 5.41) is 2.33. The molecular formula is C15H9F4N3S. The molecule has 0 radical (unpaired) electrons. The number of hydrogen-bond donors (Lipinski definition) is 1. The van der Waals surface area contributed by atoms with Crippen molar-refractivity contribution in [3.8, 4) is 11.3 Å². The Bertz CT molecular complexity index is 815. The van der Waals surface area contributed by atoms with Gasteiger partial charge < -0.3 is 5.32 Å². The average Bonchev–Trinajstić information content (AvgIpc) is 2.88. The van der Waals surface area contributed by atoms with E-state index in [4.69, 9.17) is 0 Å². The Labute approximate surface area is 132 Å². The molecule has 0 aliphatic rings. The van der Waals surface area contributed by atoms with Gasteiger partial charge in [-0.25, -0.2) is 4.98 Å². The van der Waals surface area contributed by atoms with Gasteiger partial charge in [0.15, 0.2) is 5.13 Å². The zero-order valence-electron chi connectivity index (χ0n) is 11.4. The SMILES string of the molecule is Fc1sc(Nc2cccc(C(F)(F)F)c2)nc1-c1cccnc1. The van der Waals surface area contributed by atoms with E-state index >= 15 is 0 Å². The number of anilines is 2. The van der Waals surface area contributed by atoms with Crippen LogP contribution in [0.5, 0.6) is 0 Å². The molecule has 0 atom stereocenters. The van der Waals surface area contributed by atoms with E-state index < -0.39 is 16.9 Å². The number of pyridine rings is 1. The van der Waals surface area contributed by atoms with Crippen LogP contribution < -0.4 is 5.32 Å². The minimum atomic E-state index is -4.44. The van der Waals surface area contributed by atoms with Crippen LogP contribution in [0.15, 0.2) is 48.8 Å². The highest BCUT2D eigenvalue weighted by molar-refractivity contribution is 7.14. The smallest absolute Gasteiger partial charge is 0.331 e. The van der Waals surface area contributed by atoms with Crippen molar-refractivity contribution >= 4 is 22.2 Å². The fourth-order valence-electron chi connectivity index (χ4n) is 1.93. The van der Waals surface area contributed by atoms with Crippen LogP contribution in [0.25, 0.3) is 11.3 Å². The van der Waals surface area contributed by atoms with Crippen LogP contribution in [0, 0.1) is 5.13 Å². The summed E-state index contributed by atoms with van der Waals surface area (Å²) < 4.78 is 52.0. The van der Waals surface area contributed by atoms with Gasteiger partial charge in [0, 0.05) is 23.6 Å². The molecule has 0 bridgehead atoms. The maximum atomic E-state index is 14.0. The summed E-state index contributed by atoms with van der Waals surface area (Å²) in [5.74, 6) is 0. The van der Waals surface area contributed by atoms with E-state index in [1.165, 1.54) is 18.3 Å². The second-order valence-electron chi connectivity index (χ2n) is 4.59. The maximum Gasteiger partial charge on any atom is 0.416 e. The topological polar surface area (TPSA) is 37.8 Å². The van der Waals surface area contributed by atoms with Crippen LogP contribution in [0.1, 0.15) is 5.56 Å². The van der Waals surface area contributed by atoms with Gasteiger partial charge in [0.05, 0.1) is 5.56 Å². The van der Waals surface area contributed by atoms with E-state index in [0.29, 0.717) is 5.56 Å². The van der Waals surface area contributed by atoms with Crippen molar-refractivity contribution in [2.45, 2.75) is 6.18 Å². The molecule has 0 unspecified atom stereocenters. The average molecular weight is 339 g/mol. The minimum absolute atomic E-state index is 0.109. The second-order valence-corrected chi connectivity index (χ2v) is 5.54. The van der Waals surface area contributed by atoms with Gasteiger partial charge in [-0.3, -0.25) is 4.98 Å². The molecule has 2 heterocycles. The highest BCUT2D eigenvalue weighted by atomic mass is 32.1. The number of aromatic nitrogens is 2. The molecule has 1 N–H and O–H groups in total. The van der Waals surface area contributed by atoms with Gasteiger partial charge in [0.25, 0.3) is 0 Å². The largest absolute Gasteiger partial charge is 0.416 e. The summed E-state index contributed by atoms with van der Waals surface area (Å²) in [7, 11) is 0. The van der Waals surface area contributed by atoms with Crippen LogP contribution in [0.4, 0.5) is 28.4 Å². The first-order valence-electron chi connectivity index (χ1n) is 6.44. The number of hydrogen-bond acceptors (Lipinski definition) is 4. The summed E-state index contributed by atoms with van der Waals surface area (Å²) in [6.45, 7) is 0. The number of nitrogens with one attached hydrogen (secondary N) is 1. The second kappa shape index (κ2) is 5.96. The van der Waals surface area contributed by atoms with E-state index in [1.807, 2.05) is 0 Å². The van der Waals surface area contributed by atoms with Gasteiger partial charge in [-0.2, -0.15) is 17.6 Å². The van der Waals surface area contributed by atoms with E-state index in [-0.39, 0.29) is 16.5 Å². The van der Waals surface area contributed by atoms with Crippen LogP contribution >= 0.6 is 11.3 Å². The predicted octanol–water partition coefficient (Wildman–Crippen LogP) is 5.11. The Morgan fingerprint density at radius 2 is 1.91 bits per heavy atom. The Balaban J connectivity index is 1.87. The van der Waals surface area contributed by atoms with Crippen molar-refractivity contribution < 1.29 is 17.6 Å². The maximum absolute atomic E-state index is 14.0. The molecule has 2 aromatic heterocycles. The summed E-state index contributed by atoms with van der Waals surface area (Å²) in [6, 6.07) is 7.94. The van der Waals surface area contributed by atoms with Crippen molar-refractivity contribution in [2.75, 3.05) is 5.32 Å². The highest BCUT2D eigenvalue weighted by Crippen LogP contribution is 2.33. The molecule has 118 valence electrons. The first-order chi connectivity index (χ1) is 10.9. The molecular weight excluding hydrogens is 330 g/mol. The summed E-state index contributed by atoms with van der Waals surface area (Å²) in [5.41, 5.74) is 0.00856. The number of benzene rings is 1. The van der Waals surface area contributed by atoms with Crippen molar-refractivity contribution in [3.05, 3.63) is 59.5 Å². The van der Waals surface area contributed by atoms with Gasteiger partial charge in [-0.1, -0.05) is 17.4 Å². The third-order valence-corrected chi connectivity index (χ3v) is 3.72. The van der Waals surface area contributed by atoms with E-state index in [2.05, 4.69) is 15.3 Å². The fraction of sp³-hybridized carbons (Fsp3) is 0.0667. The summed E-state index contributed by atoms with van der Waals surface area (Å²) >= 11 is 0.719. The lowest BCUT2D eigenvalue weighted by molar-refractivity contribution is -0.137. The molecule has 0 spiro atoms. The molecule has 0 fully saturated rings. The number of thiazole rings is 1. The molecule has 3 rings (SSSR count). The van der Waals surface area contributed by atoms with E-state index in [1.54, 1.807) is 18.3 Å². The Kier molecular flexibility index (Phi) is 3.99. The lowest BCUT2D eigenvalue weighted by Gasteiger charge is -2.08. The Hall–Kier alpha value is -2.48. The van der Waals surface area contributed by atoms with Crippen LogP contribution in [0.2, 0.25) is 0 Å². The quantitative estimate of drug-likeness (QED) is 0.674. The monoisotopic (exact) mass is 339 g/mol. The lowest BCUT2D eigenvalue weighted by atomic mass is 10.2. The third-order valence-electron chi connectivity index (χ3n) is 2.96. The predicted molar refractivity (Wildman–Crippen MR) is 80.0 cm³/mol. The standard InChI is InChI=1S/C15H9F4N3S/c16-13-12(9-3-2-6-20-8-9)22-14(23-13)21-11-5-1-4-10(7-11)15(17,18)19/h1-8H,(H,21,22). The minimum Gasteiger partial charge on any atom is -0.331 e. The van der Waals surface area contributed by atoms with Gasteiger partial charge in [0.1, 0.15) is 5.69 Å². The van der Waals surface area contributed by atoms with Crippen LogP contribution in [-0.2, 0) is 6.18 Å². The molecule has 1 aromatic carbocycles. The molecule has 3 aromatic rings. The van der Waals surface area contributed by atoms with Gasteiger partial charge >= 0.3 is 6.18 Å². The van der Waals surface area contributed by atoms with Gasteiger partial charge in [-0.05, 0) is 30.3 Å². The molecule has 0 saturated carbocycles. The van der Waals surface area contributed by atoms with E-state index in [0.717, 1.165) is 23.5 Å². The molecule has 0 saturated heterocycles. The third kappa shape index (κ3) is 3.48. The summed E-state index contributed by atoms with van der Waals surface area (Å²) in [6.07, 6.45) is -1.42. The molecule has 23 heavy (non-hydrogen) atoms. The zero-order chi connectivity index (χ0) is 16.4. The van der Waals surface area contributed by atoms with Crippen molar-refractivity contribution in [2.24, 2.45) is 0 Å². The number of halogens is 4. The van der Waals surface area contributed by atoms with Crippen molar-refractivity contribution in [1.29, 1.82) is 0 Å². The Morgan fingerprint density at radius 3 is 2.61 bits per heavy atom. The number of alkyl halides is 3. The first-order valence-corrected chi connectivity index (χ1v) is 7.26. The highest BCUT2D eigenvalue weighted by Gasteiger charge is 2.30. The number of rotatable bonds is 3. The van der Waals surface area contributed by atoms with Gasteiger partial charge in [-0.15, -0.1) is 0 Å². The normalized spacial score (nSPS) is 11.5. The molecule has 0 aliphatic carbocycles. The van der Waals surface area contributed by atoms with Gasteiger partial charge in [0.2, 0.25) is 5.13 Å². The molecule has 3 nitrogen and oxygen atoms in total. The van der Waals surface area contributed by atoms with E-state index in [9.17, 15) is 17.6 Å². The van der Waals surface area contributed by atoms with Crippen LogP contribution in [-0.4, -0.2) is 9.97 Å². The van der Waals surface area contributed by atoms with Crippen molar-refractivity contribution in [1.82, 2.24) is 9.97 Å². The molecule has 0 aliphatic heterocycles. The molecule has 0 amide bonds. The lowest BCUT2D eigenvalue weighted by Crippen LogP contribution is -2.05. The number of nitrogens with zero attached hydrogens (tertiary/aromatic N) is 2. The Morgan fingerprint density at radius 1 is 1.09 bits per heavy atom. The van der Waals surface area contributed by atoms with Crippen LogP contribution in [0.3, 0.4) is 0 Å². The zero-order valence-corrected chi connectivity index (χ0v) is 12.2. The summed E-state index contributed by atoms with van der Waals surface area (Å²) in [4.78, 5) is 7.96. The molecule has 8 heteroatoms. The fourth-order valence-corrected chi connectivity index (χ4v) is 2.67.